The van der Waals surface area contributed by atoms with Gasteiger partial charge in [0.15, 0.2) is 0 Å². The maximum absolute atomic E-state index is 3.53. The van der Waals surface area contributed by atoms with Crippen LogP contribution in [0.25, 0.3) is 0 Å². The quantitative estimate of drug-likeness (QED) is 0.744. The number of nitrogens with zero attached hydrogens (tertiary/aromatic N) is 3. The molecule has 0 bridgehead atoms. The Kier molecular flexibility index (Phi) is 4.74. The molecule has 126 valence electrons. The average molecular weight is 404 g/mol. The molecule has 0 aromatic heterocycles. The van der Waals surface area contributed by atoms with Gasteiger partial charge in [0.05, 0.1) is 5.70 Å². The fourth-order valence-corrected chi connectivity index (χ4v) is 4.64. The molecule has 4 rings (SSSR count). The minimum atomic E-state index is 1.08. The van der Waals surface area contributed by atoms with E-state index in [2.05, 4.69) is 80.3 Å². The number of fused-ring (bicyclic) bond motifs is 1. The fourth-order valence-electron chi connectivity index (χ4n) is 3.41. The number of rotatable bonds is 3. The van der Waals surface area contributed by atoms with Crippen LogP contribution in [-0.2, 0) is 0 Å². The molecular weight excluding hydrogens is 382 g/mol. The minimum absolute atomic E-state index is 1.08. The zero-order chi connectivity index (χ0) is 16.5. The third-order valence-electron chi connectivity index (χ3n) is 4.87. The van der Waals surface area contributed by atoms with Gasteiger partial charge in [0, 0.05) is 65.0 Å². The second-order valence-electron chi connectivity index (χ2n) is 6.24. The van der Waals surface area contributed by atoms with Gasteiger partial charge in [-0.15, -0.1) is 11.8 Å². The first-order valence-corrected chi connectivity index (χ1v) is 10.3. The highest BCUT2D eigenvalue weighted by atomic mass is 79.9. The number of likely N-dealkylation sites (N-methyl/N-ethyl adjacent to an activating group) is 1. The van der Waals surface area contributed by atoms with Gasteiger partial charge >= 0.3 is 0 Å². The van der Waals surface area contributed by atoms with E-state index in [0.717, 1.165) is 42.9 Å². The summed E-state index contributed by atoms with van der Waals surface area (Å²) in [7, 11) is 0. The van der Waals surface area contributed by atoms with Gasteiger partial charge in [0.2, 0.25) is 0 Å². The van der Waals surface area contributed by atoms with E-state index in [-0.39, 0.29) is 0 Å². The second-order valence-corrected chi connectivity index (χ2v) is 8.22. The van der Waals surface area contributed by atoms with E-state index in [1.54, 1.807) is 0 Å². The number of piperazine rings is 1. The van der Waals surface area contributed by atoms with Crippen LogP contribution in [0.1, 0.15) is 6.92 Å². The van der Waals surface area contributed by atoms with Crippen molar-refractivity contribution in [2.75, 3.05) is 43.4 Å². The summed E-state index contributed by atoms with van der Waals surface area (Å²) in [6.45, 7) is 7.95. The SMILES string of the molecule is CCN1CCN(C2=CN(c3ccc(Br)cc3)C=C3SCC=C32)CC1. The number of benzene rings is 1. The van der Waals surface area contributed by atoms with Crippen molar-refractivity contribution in [3.63, 3.8) is 0 Å². The highest BCUT2D eigenvalue weighted by molar-refractivity contribution is 9.10. The van der Waals surface area contributed by atoms with Crippen LogP contribution in [0.4, 0.5) is 5.69 Å². The molecule has 3 nitrogen and oxygen atoms in total. The first kappa shape index (κ1) is 16.3. The first-order chi connectivity index (χ1) is 11.7. The van der Waals surface area contributed by atoms with E-state index in [1.165, 1.54) is 21.9 Å². The number of thioether (sulfide) groups is 1. The lowest BCUT2D eigenvalue weighted by atomic mass is 10.1. The number of hydrogen-bond donors (Lipinski definition) is 0. The summed E-state index contributed by atoms with van der Waals surface area (Å²) in [6, 6.07) is 8.54. The zero-order valence-electron chi connectivity index (χ0n) is 13.9. The Labute approximate surface area is 156 Å². The molecule has 0 saturated carbocycles. The van der Waals surface area contributed by atoms with Crippen molar-refractivity contribution in [2.24, 2.45) is 0 Å². The molecule has 3 aliphatic rings. The molecule has 1 saturated heterocycles. The Morgan fingerprint density at radius 3 is 2.50 bits per heavy atom. The third-order valence-corrected chi connectivity index (χ3v) is 6.37. The summed E-state index contributed by atoms with van der Waals surface area (Å²) in [6.07, 6.45) is 6.97. The van der Waals surface area contributed by atoms with Crippen LogP contribution in [0, 0.1) is 0 Å². The van der Waals surface area contributed by atoms with E-state index in [1.807, 2.05) is 11.8 Å². The lowest BCUT2D eigenvalue weighted by molar-refractivity contribution is 0.167. The molecule has 0 spiro atoms. The lowest BCUT2D eigenvalue weighted by Gasteiger charge is -2.39. The van der Waals surface area contributed by atoms with Crippen LogP contribution < -0.4 is 4.90 Å². The topological polar surface area (TPSA) is 9.72 Å². The molecule has 3 aliphatic heterocycles. The van der Waals surface area contributed by atoms with Gasteiger partial charge in [-0.1, -0.05) is 28.9 Å². The van der Waals surface area contributed by atoms with Crippen molar-refractivity contribution in [3.8, 4) is 0 Å². The number of halogens is 1. The second kappa shape index (κ2) is 6.98. The summed E-state index contributed by atoms with van der Waals surface area (Å²) in [5.41, 5.74) is 4.02. The molecule has 1 aromatic rings. The maximum Gasteiger partial charge on any atom is 0.0618 e. The van der Waals surface area contributed by atoms with Crippen molar-refractivity contribution in [1.82, 2.24) is 9.80 Å². The average Bonchev–Trinajstić information content (AvgIpc) is 3.10. The monoisotopic (exact) mass is 403 g/mol. The summed E-state index contributed by atoms with van der Waals surface area (Å²) >= 11 is 5.47. The molecule has 0 amide bonds. The highest BCUT2D eigenvalue weighted by Crippen LogP contribution is 2.41. The van der Waals surface area contributed by atoms with Gasteiger partial charge < -0.3 is 14.7 Å². The number of hydrogen-bond acceptors (Lipinski definition) is 4. The molecule has 1 fully saturated rings. The van der Waals surface area contributed by atoms with Crippen molar-refractivity contribution in [1.29, 1.82) is 0 Å². The van der Waals surface area contributed by atoms with Crippen LogP contribution in [0.5, 0.6) is 0 Å². The minimum Gasteiger partial charge on any atom is -0.367 e. The number of allylic oxidation sites excluding steroid dienone is 1. The molecule has 0 N–H and O–H groups in total. The highest BCUT2D eigenvalue weighted by Gasteiger charge is 2.28. The molecule has 0 aliphatic carbocycles. The van der Waals surface area contributed by atoms with Crippen molar-refractivity contribution in [3.05, 3.63) is 63.4 Å². The smallest absolute Gasteiger partial charge is 0.0618 e. The van der Waals surface area contributed by atoms with Gasteiger partial charge in [-0.3, -0.25) is 0 Å². The largest absolute Gasteiger partial charge is 0.367 e. The zero-order valence-corrected chi connectivity index (χ0v) is 16.3. The van der Waals surface area contributed by atoms with Crippen LogP contribution in [-0.4, -0.2) is 48.3 Å². The van der Waals surface area contributed by atoms with E-state index < -0.39 is 0 Å². The molecule has 24 heavy (non-hydrogen) atoms. The third kappa shape index (κ3) is 3.17. The Morgan fingerprint density at radius 2 is 1.79 bits per heavy atom. The van der Waals surface area contributed by atoms with Gasteiger partial charge in [-0.25, -0.2) is 0 Å². The van der Waals surface area contributed by atoms with Gasteiger partial charge in [-0.05, 0) is 30.8 Å². The van der Waals surface area contributed by atoms with Crippen molar-refractivity contribution < 1.29 is 0 Å². The van der Waals surface area contributed by atoms with E-state index in [4.69, 9.17) is 0 Å². The summed E-state index contributed by atoms with van der Waals surface area (Å²) in [4.78, 5) is 8.76. The predicted octanol–water partition coefficient (Wildman–Crippen LogP) is 4.26. The number of anilines is 1. The van der Waals surface area contributed by atoms with Crippen LogP contribution in [0.15, 0.2) is 63.4 Å². The Morgan fingerprint density at radius 1 is 1.04 bits per heavy atom. The normalized spacial score (nSPS) is 21.3. The lowest BCUT2D eigenvalue weighted by Crippen LogP contribution is -2.46. The van der Waals surface area contributed by atoms with Gasteiger partial charge in [0.25, 0.3) is 0 Å². The molecule has 0 radical (unpaired) electrons. The van der Waals surface area contributed by atoms with Gasteiger partial charge in [0.1, 0.15) is 0 Å². The van der Waals surface area contributed by atoms with Crippen LogP contribution in [0.3, 0.4) is 0 Å². The molecular formula is C19H22BrN3S. The predicted molar refractivity (Wildman–Crippen MR) is 107 cm³/mol. The fraction of sp³-hybridized carbons (Fsp3) is 0.368. The molecule has 1 aromatic carbocycles. The molecule has 5 heteroatoms. The van der Waals surface area contributed by atoms with E-state index >= 15 is 0 Å². The molecule has 0 unspecified atom stereocenters. The Hall–Kier alpha value is -1.17. The standard InChI is InChI=1S/C19H22BrN3S/c1-2-21-8-10-22(11-9-21)18-13-23(14-19-17(18)7-12-24-19)16-5-3-15(20)4-6-16/h3-7,13-14H,2,8-12H2,1H3. The summed E-state index contributed by atoms with van der Waals surface area (Å²) in [5, 5.41) is 0. The molecule has 3 heterocycles. The Bertz CT molecular complexity index is 700. The van der Waals surface area contributed by atoms with Crippen molar-refractivity contribution >= 4 is 33.4 Å². The maximum atomic E-state index is 3.53. The van der Waals surface area contributed by atoms with E-state index in [9.17, 15) is 0 Å². The summed E-state index contributed by atoms with van der Waals surface area (Å²) < 4.78 is 1.12. The summed E-state index contributed by atoms with van der Waals surface area (Å²) in [5.74, 6) is 1.08. The molecule has 0 atom stereocenters. The van der Waals surface area contributed by atoms with E-state index in [0.29, 0.717) is 0 Å². The van der Waals surface area contributed by atoms with Crippen LogP contribution in [0.2, 0.25) is 0 Å². The van der Waals surface area contributed by atoms with Gasteiger partial charge in [-0.2, -0.15) is 0 Å². The Balaban J connectivity index is 1.62. The van der Waals surface area contributed by atoms with Crippen molar-refractivity contribution in [2.45, 2.75) is 6.92 Å². The first-order valence-electron chi connectivity index (χ1n) is 8.53. The van der Waals surface area contributed by atoms with Crippen LogP contribution >= 0.6 is 27.7 Å².